The molecule has 0 atom stereocenters. The maximum absolute atomic E-state index is 15.3. The molecule has 1 heterocycles. The quantitative estimate of drug-likeness (QED) is 0.158. The van der Waals surface area contributed by atoms with Crippen molar-refractivity contribution < 1.29 is 40.9 Å². The van der Waals surface area contributed by atoms with E-state index in [1.165, 1.54) is 12.1 Å². The van der Waals surface area contributed by atoms with Gasteiger partial charge in [0.1, 0.15) is 17.5 Å². The van der Waals surface area contributed by atoms with Crippen molar-refractivity contribution in [1.29, 1.82) is 0 Å². The highest BCUT2D eigenvalue weighted by molar-refractivity contribution is 5.72. The van der Waals surface area contributed by atoms with Gasteiger partial charge in [-0.2, -0.15) is 0 Å². The van der Waals surface area contributed by atoms with Crippen LogP contribution in [-0.2, 0) is 9.47 Å². The lowest BCUT2D eigenvalue weighted by molar-refractivity contribution is -0.427. The fourth-order valence-corrected chi connectivity index (χ4v) is 6.34. The van der Waals surface area contributed by atoms with Gasteiger partial charge in [-0.3, -0.25) is 0 Å². The molecule has 5 rings (SSSR count). The fourth-order valence-electron chi connectivity index (χ4n) is 6.34. The average molecular weight is 607 g/mol. The van der Waals surface area contributed by atoms with Crippen LogP contribution in [0.1, 0.15) is 76.7 Å². The molecule has 2 aliphatic rings. The zero-order valence-corrected chi connectivity index (χ0v) is 24.3. The summed E-state index contributed by atoms with van der Waals surface area (Å²) in [5.41, 5.74) is -0.789. The summed E-state index contributed by atoms with van der Waals surface area (Å²) in [7, 11) is 0. The van der Waals surface area contributed by atoms with Gasteiger partial charge in [-0.15, -0.1) is 0 Å². The van der Waals surface area contributed by atoms with Crippen molar-refractivity contribution in [2.24, 2.45) is 11.3 Å². The zero-order valence-electron chi connectivity index (χ0n) is 24.3. The molecular weight excluding hydrogens is 570 g/mol. The summed E-state index contributed by atoms with van der Waals surface area (Å²) in [6, 6.07) is 7.25. The molecule has 0 spiro atoms. The lowest BCUT2D eigenvalue weighted by atomic mass is 9.77. The number of aliphatic hydroxyl groups is 1. The second kappa shape index (κ2) is 12.6. The van der Waals surface area contributed by atoms with Gasteiger partial charge >= 0.3 is 0 Å². The Morgan fingerprint density at radius 1 is 0.744 bits per heavy atom. The standard InChI is InChI=1S/C34H36F6O3/c1-3-4-5-12-33(2)18-42-34(41,43-19-33)24-9-6-20(7-10-24)21-8-11-25(26(35)13-21)22-14-27(36)31(28(37)15-22)23-16-29(38)32(40)30(39)17-23/h8,11,13-17,20,24,41H,3-7,9-10,12,18-19H2,1-2H3. The van der Waals surface area contributed by atoms with Crippen molar-refractivity contribution >= 4 is 0 Å². The highest BCUT2D eigenvalue weighted by Crippen LogP contribution is 2.45. The van der Waals surface area contributed by atoms with Crippen LogP contribution in [0.25, 0.3) is 22.3 Å². The molecule has 1 aliphatic carbocycles. The summed E-state index contributed by atoms with van der Waals surface area (Å²) >= 11 is 0. The second-order valence-corrected chi connectivity index (χ2v) is 12.3. The van der Waals surface area contributed by atoms with E-state index in [1.54, 1.807) is 6.07 Å². The SMILES string of the molecule is CCCCCC1(C)COC(O)(C2CCC(c3ccc(-c4cc(F)c(-c5cc(F)c(F)c(F)c5)c(F)c4)c(F)c3)CC2)OC1. The zero-order chi connectivity index (χ0) is 30.9. The Labute approximate surface area is 247 Å². The van der Waals surface area contributed by atoms with E-state index in [4.69, 9.17) is 9.47 Å². The van der Waals surface area contributed by atoms with Crippen molar-refractivity contribution in [2.75, 3.05) is 13.2 Å². The molecule has 2 fully saturated rings. The minimum atomic E-state index is -1.75. The van der Waals surface area contributed by atoms with Gasteiger partial charge < -0.3 is 14.6 Å². The Morgan fingerprint density at radius 2 is 1.33 bits per heavy atom. The molecule has 232 valence electrons. The summed E-state index contributed by atoms with van der Waals surface area (Å²) in [5, 5.41) is 11.1. The summed E-state index contributed by atoms with van der Waals surface area (Å²) in [5.74, 6) is -9.75. The maximum Gasteiger partial charge on any atom is 0.283 e. The third-order valence-electron chi connectivity index (χ3n) is 8.97. The van der Waals surface area contributed by atoms with Gasteiger partial charge in [-0.1, -0.05) is 45.2 Å². The Morgan fingerprint density at radius 3 is 1.88 bits per heavy atom. The minimum Gasteiger partial charge on any atom is -0.343 e. The molecule has 3 aromatic carbocycles. The van der Waals surface area contributed by atoms with Crippen LogP contribution in [0.4, 0.5) is 26.3 Å². The van der Waals surface area contributed by atoms with Crippen molar-refractivity contribution in [3.63, 3.8) is 0 Å². The minimum absolute atomic E-state index is 0.0189. The fraction of sp³-hybridized carbons (Fsp3) is 0.471. The molecule has 1 aliphatic heterocycles. The van der Waals surface area contributed by atoms with Gasteiger partial charge in [0.05, 0.1) is 18.8 Å². The Kier molecular flexibility index (Phi) is 9.26. The van der Waals surface area contributed by atoms with E-state index in [0.29, 0.717) is 51.0 Å². The van der Waals surface area contributed by atoms with Crippen LogP contribution in [0.15, 0.2) is 42.5 Å². The number of benzene rings is 3. The molecule has 1 saturated carbocycles. The molecule has 0 bridgehead atoms. The van der Waals surface area contributed by atoms with E-state index in [0.717, 1.165) is 43.4 Å². The Bertz CT molecular complexity index is 1410. The smallest absolute Gasteiger partial charge is 0.283 e. The van der Waals surface area contributed by atoms with Crippen LogP contribution in [0.5, 0.6) is 0 Å². The number of hydrogen-bond donors (Lipinski definition) is 1. The van der Waals surface area contributed by atoms with Crippen LogP contribution in [-0.4, -0.2) is 24.3 Å². The topological polar surface area (TPSA) is 38.7 Å². The molecule has 43 heavy (non-hydrogen) atoms. The molecule has 1 saturated heterocycles. The first-order valence-corrected chi connectivity index (χ1v) is 14.9. The molecule has 0 amide bonds. The lowest BCUT2D eigenvalue weighted by Crippen LogP contribution is -2.53. The van der Waals surface area contributed by atoms with Gasteiger partial charge in [0.25, 0.3) is 5.97 Å². The first-order chi connectivity index (χ1) is 20.4. The first kappa shape index (κ1) is 31.5. The first-order valence-electron chi connectivity index (χ1n) is 14.9. The van der Waals surface area contributed by atoms with Crippen LogP contribution < -0.4 is 0 Å². The lowest BCUT2D eigenvalue weighted by Gasteiger charge is -2.46. The normalized spacial score (nSPS) is 26.1. The monoisotopic (exact) mass is 606 g/mol. The van der Waals surface area contributed by atoms with E-state index >= 15 is 4.39 Å². The van der Waals surface area contributed by atoms with Gasteiger partial charge in [0.15, 0.2) is 17.5 Å². The van der Waals surface area contributed by atoms with Crippen LogP contribution in [0.3, 0.4) is 0 Å². The van der Waals surface area contributed by atoms with E-state index in [2.05, 4.69) is 13.8 Å². The largest absolute Gasteiger partial charge is 0.343 e. The van der Waals surface area contributed by atoms with Crippen molar-refractivity contribution in [3.8, 4) is 22.3 Å². The number of ether oxygens (including phenoxy) is 2. The van der Waals surface area contributed by atoms with Crippen molar-refractivity contribution in [1.82, 2.24) is 0 Å². The predicted octanol–water partition coefficient (Wildman–Crippen LogP) is 9.41. The van der Waals surface area contributed by atoms with Crippen LogP contribution in [0, 0.1) is 46.2 Å². The third-order valence-corrected chi connectivity index (χ3v) is 8.97. The molecular formula is C34H36F6O3. The highest BCUT2D eigenvalue weighted by atomic mass is 19.2. The number of rotatable bonds is 8. The van der Waals surface area contributed by atoms with Crippen LogP contribution >= 0.6 is 0 Å². The molecule has 3 aromatic rings. The predicted molar refractivity (Wildman–Crippen MR) is 151 cm³/mol. The van der Waals surface area contributed by atoms with Gasteiger partial charge in [0.2, 0.25) is 0 Å². The molecule has 0 aromatic heterocycles. The van der Waals surface area contributed by atoms with E-state index in [1.807, 2.05) is 0 Å². The van der Waals surface area contributed by atoms with Crippen molar-refractivity contribution in [3.05, 3.63) is 82.9 Å². The van der Waals surface area contributed by atoms with E-state index < -0.39 is 52.0 Å². The van der Waals surface area contributed by atoms with Crippen LogP contribution in [0.2, 0.25) is 0 Å². The third kappa shape index (κ3) is 6.64. The summed E-state index contributed by atoms with van der Waals surface area (Å²) in [4.78, 5) is 0. The molecule has 3 nitrogen and oxygen atoms in total. The van der Waals surface area contributed by atoms with Crippen molar-refractivity contribution in [2.45, 2.75) is 77.1 Å². The summed E-state index contributed by atoms with van der Waals surface area (Å²) in [6.45, 7) is 5.13. The van der Waals surface area contributed by atoms with Gasteiger partial charge in [-0.05, 0) is 85.0 Å². The Balaban J connectivity index is 1.25. The number of unbranched alkanes of at least 4 members (excludes halogenated alkanes) is 2. The molecule has 0 unspecified atom stereocenters. The number of hydrogen-bond acceptors (Lipinski definition) is 3. The molecule has 1 N–H and O–H groups in total. The Hall–Kier alpha value is -2.88. The summed E-state index contributed by atoms with van der Waals surface area (Å²) < 4.78 is 97.6. The average Bonchev–Trinajstić information content (AvgIpc) is 2.97. The highest BCUT2D eigenvalue weighted by Gasteiger charge is 2.47. The molecule has 9 heteroatoms. The number of halogens is 6. The van der Waals surface area contributed by atoms with Gasteiger partial charge in [0, 0.05) is 16.9 Å². The van der Waals surface area contributed by atoms with E-state index in [9.17, 15) is 27.1 Å². The molecule has 0 radical (unpaired) electrons. The summed E-state index contributed by atoms with van der Waals surface area (Å²) in [6.07, 6.45) is 6.94. The second-order valence-electron chi connectivity index (χ2n) is 12.3. The maximum atomic E-state index is 15.3. The van der Waals surface area contributed by atoms with E-state index in [-0.39, 0.29) is 28.4 Å². The van der Waals surface area contributed by atoms with Gasteiger partial charge in [-0.25, -0.2) is 26.3 Å².